The molecule has 0 aliphatic carbocycles. The number of hydrogen-bond acceptors (Lipinski definition) is 6. The molecule has 3 aromatic rings. The molecule has 128 valence electrons. The standard InChI is InChI=1S/C19H20N4O2/c1-13(2)7-9-24-18-6-5-14(12-22-18)10-15-11-17(25-23-15)16-4-3-8-21-19(16)20/h3-8,11-12H,9-10H2,1-2H3,(H2,20,21). The van der Waals surface area contributed by atoms with Crippen molar-refractivity contribution < 1.29 is 9.26 Å². The van der Waals surface area contributed by atoms with Crippen LogP contribution in [0.2, 0.25) is 0 Å². The Bertz CT molecular complexity index is 865. The number of allylic oxidation sites excluding steroid dienone is 1. The van der Waals surface area contributed by atoms with Crippen LogP contribution >= 0.6 is 0 Å². The Morgan fingerprint density at radius 2 is 2.12 bits per heavy atom. The number of pyridine rings is 2. The van der Waals surface area contributed by atoms with Crippen LogP contribution in [-0.4, -0.2) is 21.7 Å². The minimum absolute atomic E-state index is 0.421. The second kappa shape index (κ2) is 7.61. The second-order valence-corrected chi connectivity index (χ2v) is 5.89. The van der Waals surface area contributed by atoms with E-state index in [4.69, 9.17) is 15.0 Å². The number of aromatic nitrogens is 3. The van der Waals surface area contributed by atoms with Crippen LogP contribution in [0.25, 0.3) is 11.3 Å². The van der Waals surface area contributed by atoms with Crippen LogP contribution in [0, 0.1) is 0 Å². The molecule has 0 radical (unpaired) electrons. The molecule has 3 aromatic heterocycles. The summed E-state index contributed by atoms with van der Waals surface area (Å²) in [7, 11) is 0. The average Bonchev–Trinajstić information content (AvgIpc) is 3.05. The maximum absolute atomic E-state index is 5.86. The van der Waals surface area contributed by atoms with Crippen molar-refractivity contribution in [2.45, 2.75) is 20.3 Å². The van der Waals surface area contributed by atoms with Gasteiger partial charge in [0.15, 0.2) is 5.76 Å². The number of nitrogen functional groups attached to an aromatic ring is 1. The molecule has 6 heteroatoms. The maximum atomic E-state index is 5.86. The molecule has 25 heavy (non-hydrogen) atoms. The Hall–Kier alpha value is -3.15. The number of anilines is 1. The van der Waals surface area contributed by atoms with Crippen molar-refractivity contribution in [2.75, 3.05) is 12.3 Å². The van der Waals surface area contributed by atoms with Gasteiger partial charge in [0, 0.05) is 30.9 Å². The van der Waals surface area contributed by atoms with Gasteiger partial charge in [-0.3, -0.25) is 0 Å². The first-order valence-corrected chi connectivity index (χ1v) is 7.99. The van der Waals surface area contributed by atoms with Crippen LogP contribution in [0.3, 0.4) is 0 Å². The highest BCUT2D eigenvalue weighted by Crippen LogP contribution is 2.25. The highest BCUT2D eigenvalue weighted by molar-refractivity contribution is 5.69. The largest absolute Gasteiger partial charge is 0.473 e. The molecule has 0 fully saturated rings. The fraction of sp³-hybridized carbons (Fsp3) is 0.211. The third kappa shape index (κ3) is 4.44. The van der Waals surface area contributed by atoms with E-state index in [0.717, 1.165) is 16.8 Å². The maximum Gasteiger partial charge on any atom is 0.213 e. The highest BCUT2D eigenvalue weighted by atomic mass is 16.5. The molecule has 0 atom stereocenters. The molecule has 0 spiro atoms. The molecule has 3 heterocycles. The third-order valence-electron chi connectivity index (χ3n) is 3.57. The van der Waals surface area contributed by atoms with Gasteiger partial charge >= 0.3 is 0 Å². The van der Waals surface area contributed by atoms with Gasteiger partial charge in [0.2, 0.25) is 5.88 Å². The van der Waals surface area contributed by atoms with Crippen LogP contribution in [0.4, 0.5) is 5.82 Å². The minimum Gasteiger partial charge on any atom is -0.473 e. The van der Waals surface area contributed by atoms with Gasteiger partial charge in [0.05, 0.1) is 11.3 Å². The van der Waals surface area contributed by atoms with Gasteiger partial charge in [-0.15, -0.1) is 0 Å². The molecule has 0 saturated heterocycles. The molecule has 0 aliphatic heterocycles. The van der Waals surface area contributed by atoms with E-state index in [9.17, 15) is 0 Å². The van der Waals surface area contributed by atoms with Gasteiger partial charge in [-0.1, -0.05) is 16.8 Å². The molecule has 0 unspecified atom stereocenters. The van der Waals surface area contributed by atoms with Gasteiger partial charge in [-0.05, 0) is 37.6 Å². The lowest BCUT2D eigenvalue weighted by atomic mass is 10.1. The predicted molar refractivity (Wildman–Crippen MR) is 96.1 cm³/mol. The molecular weight excluding hydrogens is 316 g/mol. The zero-order valence-corrected chi connectivity index (χ0v) is 14.3. The van der Waals surface area contributed by atoms with E-state index in [1.165, 1.54) is 5.57 Å². The smallest absolute Gasteiger partial charge is 0.213 e. The van der Waals surface area contributed by atoms with Gasteiger partial charge in [-0.2, -0.15) is 0 Å². The normalized spacial score (nSPS) is 10.5. The minimum atomic E-state index is 0.421. The van der Waals surface area contributed by atoms with Crippen LogP contribution in [0.1, 0.15) is 25.1 Å². The number of hydrogen-bond donors (Lipinski definition) is 1. The van der Waals surface area contributed by atoms with Crippen molar-refractivity contribution in [1.29, 1.82) is 0 Å². The molecule has 0 aromatic carbocycles. The fourth-order valence-corrected chi connectivity index (χ4v) is 2.25. The first-order valence-electron chi connectivity index (χ1n) is 7.99. The summed E-state index contributed by atoms with van der Waals surface area (Å²) in [5.41, 5.74) is 9.64. The van der Waals surface area contributed by atoms with E-state index in [1.54, 1.807) is 12.4 Å². The van der Waals surface area contributed by atoms with Crippen LogP contribution in [0.5, 0.6) is 5.88 Å². The molecule has 2 N–H and O–H groups in total. The van der Waals surface area contributed by atoms with Crippen LogP contribution in [-0.2, 0) is 6.42 Å². The van der Waals surface area contributed by atoms with Crippen LogP contribution < -0.4 is 10.5 Å². The van der Waals surface area contributed by atoms with Crippen molar-refractivity contribution >= 4 is 5.82 Å². The van der Waals surface area contributed by atoms with Crippen molar-refractivity contribution in [3.63, 3.8) is 0 Å². The molecule has 0 aliphatic rings. The summed E-state index contributed by atoms with van der Waals surface area (Å²) in [4.78, 5) is 8.37. The molecule has 0 saturated carbocycles. The Kier molecular flexibility index (Phi) is 5.09. The first-order chi connectivity index (χ1) is 12.1. The molecule has 0 amide bonds. The van der Waals surface area contributed by atoms with Gasteiger partial charge in [0.25, 0.3) is 0 Å². The van der Waals surface area contributed by atoms with E-state index in [-0.39, 0.29) is 0 Å². The Labute approximate surface area is 146 Å². The predicted octanol–water partition coefficient (Wildman–Crippen LogP) is 3.65. The highest BCUT2D eigenvalue weighted by Gasteiger charge is 2.10. The summed E-state index contributed by atoms with van der Waals surface area (Å²) in [6.45, 7) is 4.59. The first kappa shape index (κ1) is 16.7. The summed E-state index contributed by atoms with van der Waals surface area (Å²) in [5, 5.41) is 4.10. The lowest BCUT2D eigenvalue weighted by molar-refractivity contribution is 0.347. The topological polar surface area (TPSA) is 87.1 Å². The van der Waals surface area contributed by atoms with Crippen molar-refractivity contribution in [3.8, 4) is 17.2 Å². The molecule has 3 rings (SSSR count). The fourth-order valence-electron chi connectivity index (χ4n) is 2.25. The van der Waals surface area contributed by atoms with E-state index < -0.39 is 0 Å². The Balaban J connectivity index is 1.65. The number of nitrogens with two attached hydrogens (primary N) is 1. The van der Waals surface area contributed by atoms with E-state index >= 15 is 0 Å². The zero-order valence-electron chi connectivity index (χ0n) is 14.3. The quantitative estimate of drug-likeness (QED) is 0.691. The van der Waals surface area contributed by atoms with Crippen LogP contribution in [0.15, 0.2) is 58.9 Å². The summed E-state index contributed by atoms with van der Waals surface area (Å²) < 4.78 is 10.9. The van der Waals surface area contributed by atoms with E-state index in [0.29, 0.717) is 30.5 Å². The van der Waals surface area contributed by atoms with Crippen molar-refractivity contribution in [1.82, 2.24) is 15.1 Å². The SMILES string of the molecule is CC(C)=CCOc1ccc(Cc2cc(-c3cccnc3N)on2)cn1. The number of rotatable bonds is 6. The van der Waals surface area contributed by atoms with Gasteiger partial charge in [-0.25, -0.2) is 9.97 Å². The summed E-state index contributed by atoms with van der Waals surface area (Å²) in [6.07, 6.45) is 6.05. The summed E-state index contributed by atoms with van der Waals surface area (Å²) >= 11 is 0. The zero-order chi connectivity index (χ0) is 17.6. The lowest BCUT2D eigenvalue weighted by Gasteiger charge is -2.03. The van der Waals surface area contributed by atoms with Crippen molar-refractivity contribution in [2.24, 2.45) is 0 Å². The second-order valence-electron chi connectivity index (χ2n) is 5.89. The van der Waals surface area contributed by atoms with Gasteiger partial charge in [0.1, 0.15) is 12.4 Å². The molecule has 6 nitrogen and oxygen atoms in total. The molecular formula is C19H20N4O2. The number of nitrogens with zero attached hydrogens (tertiary/aromatic N) is 3. The van der Waals surface area contributed by atoms with E-state index in [1.807, 2.05) is 50.3 Å². The monoisotopic (exact) mass is 336 g/mol. The average molecular weight is 336 g/mol. The number of ether oxygens (including phenoxy) is 1. The Morgan fingerprint density at radius 3 is 2.84 bits per heavy atom. The third-order valence-corrected chi connectivity index (χ3v) is 3.57. The molecule has 0 bridgehead atoms. The lowest BCUT2D eigenvalue weighted by Crippen LogP contribution is -1.97. The summed E-state index contributed by atoms with van der Waals surface area (Å²) in [6, 6.07) is 9.36. The summed E-state index contributed by atoms with van der Waals surface area (Å²) in [5.74, 6) is 1.63. The van der Waals surface area contributed by atoms with E-state index in [2.05, 4.69) is 15.1 Å². The van der Waals surface area contributed by atoms with Crippen molar-refractivity contribution in [3.05, 3.63) is 65.6 Å². The Morgan fingerprint density at radius 1 is 1.24 bits per heavy atom. The van der Waals surface area contributed by atoms with Gasteiger partial charge < -0.3 is 15.0 Å².